The van der Waals surface area contributed by atoms with Crippen molar-refractivity contribution < 1.29 is 4.79 Å². The van der Waals surface area contributed by atoms with Gasteiger partial charge in [-0.2, -0.15) is 0 Å². The number of amides is 1. The van der Waals surface area contributed by atoms with Gasteiger partial charge in [-0.3, -0.25) is 9.69 Å². The van der Waals surface area contributed by atoms with Crippen LogP contribution in [0.15, 0.2) is 29.3 Å². The van der Waals surface area contributed by atoms with Gasteiger partial charge in [0.25, 0.3) is 0 Å². The molecule has 2 saturated carbocycles. The van der Waals surface area contributed by atoms with E-state index in [0.717, 1.165) is 49.2 Å². The summed E-state index contributed by atoms with van der Waals surface area (Å²) in [4.78, 5) is 19.9. The molecule has 2 aliphatic carbocycles. The van der Waals surface area contributed by atoms with Crippen LogP contribution >= 0.6 is 24.0 Å². The third-order valence-electron chi connectivity index (χ3n) is 7.09. The number of rotatable bonds is 7. The summed E-state index contributed by atoms with van der Waals surface area (Å²) < 4.78 is 0. The van der Waals surface area contributed by atoms with Gasteiger partial charge in [-0.1, -0.05) is 37.8 Å². The van der Waals surface area contributed by atoms with Crippen molar-refractivity contribution in [2.24, 2.45) is 10.9 Å². The molecule has 4 rings (SSSR count). The summed E-state index contributed by atoms with van der Waals surface area (Å²) in [6.45, 7) is 5.88. The molecule has 1 saturated heterocycles. The summed E-state index contributed by atoms with van der Waals surface area (Å²) in [6, 6.07) is 9.38. The van der Waals surface area contributed by atoms with Gasteiger partial charge in [-0.05, 0) is 56.7 Å². The molecule has 0 bridgehead atoms. The zero-order valence-corrected chi connectivity index (χ0v) is 21.8. The predicted octanol–water partition coefficient (Wildman–Crippen LogP) is 4.51. The average molecular weight is 554 g/mol. The maximum absolute atomic E-state index is 12.4. The quantitative estimate of drug-likeness (QED) is 0.264. The Kier molecular flexibility index (Phi) is 10.1. The largest absolute Gasteiger partial charge is 0.357 e. The second-order valence-electron chi connectivity index (χ2n) is 9.43. The van der Waals surface area contributed by atoms with Crippen LogP contribution in [0.25, 0.3) is 0 Å². The lowest BCUT2D eigenvalue weighted by molar-refractivity contribution is -0.119. The number of carbonyl (C=O) groups is 1. The zero-order valence-electron chi connectivity index (χ0n) is 19.4. The Balaban J connectivity index is 0.00000289. The molecule has 178 valence electrons. The van der Waals surface area contributed by atoms with Gasteiger partial charge < -0.3 is 16.0 Å². The van der Waals surface area contributed by atoms with Crippen LogP contribution < -0.4 is 16.0 Å². The number of hydrogen-bond acceptors (Lipinski definition) is 3. The highest BCUT2D eigenvalue weighted by atomic mass is 127. The number of aliphatic imine (C=N–C) groups is 1. The number of anilines is 1. The van der Waals surface area contributed by atoms with Crippen LogP contribution in [0.3, 0.4) is 0 Å². The number of halogens is 1. The lowest BCUT2D eigenvalue weighted by Gasteiger charge is -2.24. The fourth-order valence-corrected chi connectivity index (χ4v) is 5.37. The Morgan fingerprint density at radius 2 is 1.84 bits per heavy atom. The van der Waals surface area contributed by atoms with E-state index in [-0.39, 0.29) is 35.8 Å². The van der Waals surface area contributed by atoms with E-state index >= 15 is 0 Å². The standard InChI is InChI=1S/C25H39N5O.HI/c1-2-26-25(29-22-14-15-30(18-22)23-12-5-6-13-23)27-17-19-8-7-11-21(16-19)28-24(31)20-9-3-4-10-20;/h7-8,11,16,20,22-23H,2-6,9-10,12-15,17-18H2,1H3,(H,28,31)(H2,26,27,29);1H. The van der Waals surface area contributed by atoms with E-state index in [1.54, 1.807) is 0 Å². The van der Waals surface area contributed by atoms with Gasteiger partial charge in [-0.15, -0.1) is 24.0 Å². The van der Waals surface area contributed by atoms with E-state index in [4.69, 9.17) is 4.99 Å². The molecule has 1 heterocycles. The Hall–Kier alpha value is -1.35. The molecule has 32 heavy (non-hydrogen) atoms. The molecule has 3 aliphatic rings. The van der Waals surface area contributed by atoms with Crippen LogP contribution in [-0.2, 0) is 11.3 Å². The molecule has 1 aromatic rings. The fraction of sp³-hybridized carbons (Fsp3) is 0.680. The molecule has 1 aliphatic heterocycles. The first-order valence-electron chi connectivity index (χ1n) is 12.4. The summed E-state index contributed by atoms with van der Waals surface area (Å²) in [5, 5.41) is 10.2. The van der Waals surface area contributed by atoms with Crippen molar-refractivity contribution in [2.75, 3.05) is 25.0 Å². The zero-order chi connectivity index (χ0) is 21.5. The summed E-state index contributed by atoms with van der Waals surface area (Å²) in [5.41, 5.74) is 1.99. The molecule has 6 nitrogen and oxygen atoms in total. The first-order valence-corrected chi connectivity index (χ1v) is 12.4. The molecule has 3 fully saturated rings. The van der Waals surface area contributed by atoms with Crippen molar-refractivity contribution >= 4 is 41.5 Å². The van der Waals surface area contributed by atoms with E-state index in [1.165, 1.54) is 51.5 Å². The minimum absolute atomic E-state index is 0. The van der Waals surface area contributed by atoms with Crippen molar-refractivity contribution in [3.63, 3.8) is 0 Å². The summed E-state index contributed by atoms with van der Waals surface area (Å²) in [5.74, 6) is 1.24. The summed E-state index contributed by atoms with van der Waals surface area (Å²) in [6.07, 6.45) is 11.1. The second-order valence-corrected chi connectivity index (χ2v) is 9.43. The van der Waals surface area contributed by atoms with Crippen LogP contribution in [0.5, 0.6) is 0 Å². The van der Waals surface area contributed by atoms with Gasteiger partial charge >= 0.3 is 0 Å². The van der Waals surface area contributed by atoms with Crippen molar-refractivity contribution in [3.8, 4) is 0 Å². The van der Waals surface area contributed by atoms with E-state index in [2.05, 4.69) is 39.9 Å². The van der Waals surface area contributed by atoms with Crippen molar-refractivity contribution in [2.45, 2.75) is 83.3 Å². The van der Waals surface area contributed by atoms with Crippen LogP contribution in [0.2, 0.25) is 0 Å². The minimum Gasteiger partial charge on any atom is -0.357 e. The van der Waals surface area contributed by atoms with Gasteiger partial charge in [-0.25, -0.2) is 4.99 Å². The van der Waals surface area contributed by atoms with E-state index < -0.39 is 0 Å². The van der Waals surface area contributed by atoms with Crippen LogP contribution in [0.1, 0.15) is 70.3 Å². The van der Waals surface area contributed by atoms with E-state index in [0.29, 0.717) is 12.6 Å². The molecular weight excluding hydrogens is 513 g/mol. The van der Waals surface area contributed by atoms with Crippen molar-refractivity contribution in [1.82, 2.24) is 15.5 Å². The van der Waals surface area contributed by atoms with Gasteiger partial charge in [0.15, 0.2) is 5.96 Å². The number of guanidine groups is 1. The smallest absolute Gasteiger partial charge is 0.227 e. The SMILES string of the molecule is CCNC(=NCc1cccc(NC(=O)C2CCCC2)c1)NC1CCN(C2CCCC2)C1.I. The second kappa shape index (κ2) is 12.8. The van der Waals surface area contributed by atoms with Gasteiger partial charge in [0, 0.05) is 43.3 Å². The molecule has 0 spiro atoms. The highest BCUT2D eigenvalue weighted by molar-refractivity contribution is 14.0. The molecular formula is C25H40IN5O. The van der Waals surface area contributed by atoms with Crippen molar-refractivity contribution in [3.05, 3.63) is 29.8 Å². The Labute approximate surface area is 210 Å². The van der Waals surface area contributed by atoms with E-state index in [1.807, 2.05) is 12.1 Å². The molecule has 1 aromatic carbocycles. The number of benzene rings is 1. The molecule has 1 unspecified atom stereocenters. The normalized spacial score (nSPS) is 22.7. The van der Waals surface area contributed by atoms with Crippen LogP contribution in [0, 0.1) is 5.92 Å². The number of hydrogen-bond donors (Lipinski definition) is 3. The van der Waals surface area contributed by atoms with Crippen LogP contribution in [-0.4, -0.2) is 48.5 Å². The molecule has 3 N–H and O–H groups in total. The monoisotopic (exact) mass is 553 g/mol. The van der Waals surface area contributed by atoms with Gasteiger partial charge in [0.1, 0.15) is 0 Å². The lowest BCUT2D eigenvalue weighted by atomic mass is 10.1. The lowest BCUT2D eigenvalue weighted by Crippen LogP contribution is -2.45. The number of nitrogens with one attached hydrogen (secondary N) is 3. The Bertz CT molecular complexity index is 758. The first-order chi connectivity index (χ1) is 15.2. The highest BCUT2D eigenvalue weighted by Crippen LogP contribution is 2.27. The first kappa shape index (κ1) is 25.3. The maximum atomic E-state index is 12.4. The molecule has 0 aromatic heterocycles. The minimum atomic E-state index is 0. The third kappa shape index (κ3) is 7.07. The summed E-state index contributed by atoms with van der Waals surface area (Å²) >= 11 is 0. The Morgan fingerprint density at radius 3 is 2.59 bits per heavy atom. The molecule has 7 heteroatoms. The van der Waals surface area contributed by atoms with Gasteiger partial charge in [0.2, 0.25) is 5.91 Å². The predicted molar refractivity (Wildman–Crippen MR) is 143 cm³/mol. The van der Waals surface area contributed by atoms with E-state index in [9.17, 15) is 4.79 Å². The fourth-order valence-electron chi connectivity index (χ4n) is 5.37. The molecule has 1 amide bonds. The number of carbonyl (C=O) groups excluding carboxylic acids is 1. The third-order valence-corrected chi connectivity index (χ3v) is 7.09. The number of likely N-dealkylation sites (tertiary alicyclic amines) is 1. The molecule has 0 radical (unpaired) electrons. The van der Waals surface area contributed by atoms with Crippen molar-refractivity contribution in [1.29, 1.82) is 0 Å². The average Bonchev–Trinajstić information content (AvgIpc) is 3.55. The maximum Gasteiger partial charge on any atom is 0.227 e. The highest BCUT2D eigenvalue weighted by Gasteiger charge is 2.30. The number of nitrogens with zero attached hydrogens (tertiary/aromatic N) is 2. The van der Waals surface area contributed by atoms with Crippen LogP contribution in [0.4, 0.5) is 5.69 Å². The Morgan fingerprint density at radius 1 is 1.09 bits per heavy atom. The van der Waals surface area contributed by atoms with Gasteiger partial charge in [0.05, 0.1) is 6.54 Å². The topological polar surface area (TPSA) is 68.8 Å². The summed E-state index contributed by atoms with van der Waals surface area (Å²) in [7, 11) is 0. The molecule has 1 atom stereocenters.